The number of anilines is 1. The van der Waals surface area contributed by atoms with E-state index in [1.54, 1.807) is 11.3 Å². The second-order valence-electron chi connectivity index (χ2n) is 5.09. The van der Waals surface area contributed by atoms with Gasteiger partial charge in [-0.2, -0.15) is 0 Å². The smallest absolute Gasteiger partial charge is 0.137 e. The van der Waals surface area contributed by atoms with E-state index in [1.165, 1.54) is 10.3 Å². The van der Waals surface area contributed by atoms with Crippen LogP contribution in [0.3, 0.4) is 0 Å². The molecule has 0 spiro atoms. The van der Waals surface area contributed by atoms with Crippen LogP contribution in [0.1, 0.15) is 23.5 Å². The number of thiophene rings is 1. The van der Waals surface area contributed by atoms with Gasteiger partial charge in [0.2, 0.25) is 0 Å². The second-order valence-corrected chi connectivity index (χ2v) is 6.34. The van der Waals surface area contributed by atoms with Gasteiger partial charge in [-0.1, -0.05) is 30.3 Å². The Morgan fingerprint density at radius 2 is 2.05 bits per heavy atom. The Labute approximate surface area is 134 Å². The summed E-state index contributed by atoms with van der Waals surface area (Å²) < 4.78 is 0. The molecule has 2 aromatic heterocycles. The summed E-state index contributed by atoms with van der Waals surface area (Å²) in [5.74, 6) is 1.42. The number of fused-ring (bicyclic) bond motifs is 1. The lowest BCUT2D eigenvalue weighted by Gasteiger charge is -2.27. The molecule has 21 heavy (non-hydrogen) atoms. The van der Waals surface area contributed by atoms with Crippen LogP contribution in [0, 0.1) is 0 Å². The number of rotatable bonds is 4. The third-order valence-corrected chi connectivity index (χ3v) is 5.10. The quantitative estimate of drug-likeness (QED) is 0.612. The van der Waals surface area contributed by atoms with Crippen molar-refractivity contribution in [2.24, 2.45) is 0 Å². The summed E-state index contributed by atoms with van der Waals surface area (Å²) in [6.45, 7) is 2.20. The Bertz CT molecular complexity index is 740. The summed E-state index contributed by atoms with van der Waals surface area (Å²) in [5, 5.41) is 4.46. The normalized spacial score (nSPS) is 12.5. The molecule has 0 fully saturated rings. The number of halogens is 1. The van der Waals surface area contributed by atoms with Crippen LogP contribution in [0.15, 0.2) is 47.8 Å². The standard InChI is InChI=1S/C17H17ClN2S/c1-12(16-8-5-9-21-16)20(2)17-15-7-4-3-6-13(15)10-14(11-18)19-17/h3-10,12H,11H2,1-2H3. The predicted molar refractivity (Wildman–Crippen MR) is 92.4 cm³/mol. The van der Waals surface area contributed by atoms with Crippen LogP contribution in [0.4, 0.5) is 5.82 Å². The highest BCUT2D eigenvalue weighted by atomic mass is 35.5. The van der Waals surface area contributed by atoms with Crippen LogP contribution >= 0.6 is 22.9 Å². The van der Waals surface area contributed by atoms with Crippen LogP contribution in [0.2, 0.25) is 0 Å². The highest BCUT2D eigenvalue weighted by Crippen LogP contribution is 2.32. The van der Waals surface area contributed by atoms with Gasteiger partial charge in [-0.05, 0) is 29.8 Å². The lowest BCUT2D eigenvalue weighted by atomic mass is 10.1. The van der Waals surface area contributed by atoms with Crippen molar-refractivity contribution < 1.29 is 0 Å². The molecule has 0 amide bonds. The highest BCUT2D eigenvalue weighted by molar-refractivity contribution is 7.10. The van der Waals surface area contributed by atoms with Gasteiger partial charge in [-0.25, -0.2) is 4.98 Å². The van der Waals surface area contributed by atoms with Crippen molar-refractivity contribution in [2.45, 2.75) is 18.8 Å². The molecule has 2 heterocycles. The molecule has 0 radical (unpaired) electrons. The minimum atomic E-state index is 0.284. The van der Waals surface area contributed by atoms with Crippen molar-refractivity contribution in [2.75, 3.05) is 11.9 Å². The zero-order valence-corrected chi connectivity index (χ0v) is 13.7. The number of hydrogen-bond acceptors (Lipinski definition) is 3. The summed E-state index contributed by atoms with van der Waals surface area (Å²) in [5.41, 5.74) is 0.913. The van der Waals surface area contributed by atoms with Gasteiger partial charge in [0.1, 0.15) is 5.82 Å². The molecule has 0 aliphatic rings. The molecular formula is C17H17ClN2S. The topological polar surface area (TPSA) is 16.1 Å². The van der Waals surface area contributed by atoms with E-state index in [1.807, 2.05) is 6.07 Å². The van der Waals surface area contributed by atoms with Crippen molar-refractivity contribution in [3.8, 4) is 0 Å². The summed E-state index contributed by atoms with van der Waals surface area (Å²) in [6.07, 6.45) is 0. The summed E-state index contributed by atoms with van der Waals surface area (Å²) >= 11 is 7.78. The van der Waals surface area contributed by atoms with Crippen LogP contribution in [0.5, 0.6) is 0 Å². The van der Waals surface area contributed by atoms with E-state index in [0.29, 0.717) is 5.88 Å². The highest BCUT2D eigenvalue weighted by Gasteiger charge is 2.17. The van der Waals surface area contributed by atoms with E-state index >= 15 is 0 Å². The fourth-order valence-electron chi connectivity index (χ4n) is 2.48. The van der Waals surface area contributed by atoms with E-state index in [-0.39, 0.29) is 6.04 Å². The molecule has 1 aromatic carbocycles. The minimum Gasteiger partial charge on any atom is -0.352 e. The first-order valence-electron chi connectivity index (χ1n) is 6.91. The third kappa shape index (κ3) is 2.76. The van der Waals surface area contributed by atoms with Gasteiger partial charge in [0.05, 0.1) is 17.6 Å². The van der Waals surface area contributed by atoms with Gasteiger partial charge in [0.25, 0.3) is 0 Å². The number of pyridine rings is 1. The molecule has 0 bridgehead atoms. The molecule has 0 aliphatic heterocycles. The average Bonchev–Trinajstić information content (AvgIpc) is 3.06. The van der Waals surface area contributed by atoms with Gasteiger partial charge in [-0.15, -0.1) is 22.9 Å². The zero-order valence-electron chi connectivity index (χ0n) is 12.1. The maximum Gasteiger partial charge on any atom is 0.137 e. The van der Waals surface area contributed by atoms with Crippen molar-refractivity contribution in [3.05, 3.63) is 58.4 Å². The molecular weight excluding hydrogens is 300 g/mol. The number of benzene rings is 1. The molecule has 0 saturated carbocycles. The van der Waals surface area contributed by atoms with E-state index in [4.69, 9.17) is 16.6 Å². The summed E-state index contributed by atoms with van der Waals surface area (Å²) in [6, 6.07) is 14.9. The fourth-order valence-corrected chi connectivity index (χ4v) is 3.44. The summed E-state index contributed by atoms with van der Waals surface area (Å²) in [4.78, 5) is 8.31. The molecule has 1 atom stereocenters. The van der Waals surface area contributed by atoms with Crippen LogP contribution in [-0.4, -0.2) is 12.0 Å². The molecule has 0 saturated heterocycles. The van der Waals surface area contributed by atoms with Crippen molar-refractivity contribution >= 4 is 39.5 Å². The second kappa shape index (κ2) is 6.04. The van der Waals surface area contributed by atoms with Gasteiger partial charge in [-0.3, -0.25) is 0 Å². The number of hydrogen-bond donors (Lipinski definition) is 0. The Kier molecular flexibility index (Phi) is 4.13. The Morgan fingerprint density at radius 3 is 2.76 bits per heavy atom. The van der Waals surface area contributed by atoms with Crippen LogP contribution in [-0.2, 0) is 5.88 Å². The largest absolute Gasteiger partial charge is 0.352 e. The van der Waals surface area contributed by atoms with Gasteiger partial charge in [0, 0.05) is 17.3 Å². The molecule has 0 N–H and O–H groups in total. The molecule has 3 rings (SSSR count). The molecule has 0 aliphatic carbocycles. The SMILES string of the molecule is CC(c1cccs1)N(C)c1nc(CCl)cc2ccccc12. The predicted octanol–water partition coefficient (Wildman–Crippen LogP) is 5.23. The molecule has 2 nitrogen and oxygen atoms in total. The van der Waals surface area contributed by atoms with Crippen LogP contribution in [0.25, 0.3) is 10.8 Å². The maximum atomic E-state index is 6.00. The third-order valence-electron chi connectivity index (χ3n) is 3.78. The number of nitrogens with zero attached hydrogens (tertiary/aromatic N) is 2. The van der Waals surface area contributed by atoms with E-state index in [9.17, 15) is 0 Å². The van der Waals surface area contributed by atoms with E-state index < -0.39 is 0 Å². The first-order valence-corrected chi connectivity index (χ1v) is 8.33. The average molecular weight is 317 g/mol. The first kappa shape index (κ1) is 14.4. The monoisotopic (exact) mass is 316 g/mol. The number of alkyl halides is 1. The van der Waals surface area contributed by atoms with E-state index in [2.05, 4.69) is 60.6 Å². The Balaban J connectivity index is 2.10. The van der Waals surface area contributed by atoms with Gasteiger partial charge in [0.15, 0.2) is 0 Å². The fraction of sp³-hybridized carbons (Fsp3) is 0.235. The minimum absolute atomic E-state index is 0.284. The Morgan fingerprint density at radius 1 is 1.24 bits per heavy atom. The molecule has 108 valence electrons. The maximum absolute atomic E-state index is 6.00. The lowest BCUT2D eigenvalue weighted by molar-refractivity contribution is 0.744. The lowest BCUT2D eigenvalue weighted by Crippen LogP contribution is -2.22. The Hall–Kier alpha value is -1.58. The van der Waals surface area contributed by atoms with Crippen molar-refractivity contribution in [3.63, 3.8) is 0 Å². The molecule has 4 heteroatoms. The van der Waals surface area contributed by atoms with Gasteiger partial charge >= 0.3 is 0 Å². The van der Waals surface area contributed by atoms with Crippen LogP contribution < -0.4 is 4.90 Å². The van der Waals surface area contributed by atoms with Crippen molar-refractivity contribution in [1.82, 2.24) is 4.98 Å². The summed E-state index contributed by atoms with van der Waals surface area (Å²) in [7, 11) is 2.09. The first-order chi connectivity index (χ1) is 10.2. The zero-order chi connectivity index (χ0) is 14.8. The number of aromatic nitrogens is 1. The molecule has 3 aromatic rings. The van der Waals surface area contributed by atoms with Gasteiger partial charge < -0.3 is 4.90 Å². The van der Waals surface area contributed by atoms with E-state index in [0.717, 1.165) is 16.9 Å². The molecule has 1 unspecified atom stereocenters. The van der Waals surface area contributed by atoms with Crippen molar-refractivity contribution in [1.29, 1.82) is 0 Å².